The van der Waals surface area contributed by atoms with E-state index in [0.717, 1.165) is 15.7 Å². The van der Waals surface area contributed by atoms with Crippen LogP contribution in [0.3, 0.4) is 0 Å². The molecule has 0 aliphatic rings. The van der Waals surface area contributed by atoms with Crippen LogP contribution in [0.25, 0.3) is 0 Å². The molecule has 2 aromatic rings. The lowest BCUT2D eigenvalue weighted by Gasteiger charge is -2.21. The van der Waals surface area contributed by atoms with Crippen molar-refractivity contribution >= 4 is 33.2 Å². The molecule has 0 spiro atoms. The molecule has 0 saturated carbocycles. The van der Waals surface area contributed by atoms with E-state index in [4.69, 9.17) is 11.6 Å². The standard InChI is InChI=1S/C16H17BrClN3/c1-16(2,3)12-8-14(18)15(9-13(12)17)21-20-10-11-6-4-5-7-19-11/h4-9H,10H2,1-3H3. The van der Waals surface area contributed by atoms with Crippen LogP contribution in [-0.4, -0.2) is 4.98 Å². The van der Waals surface area contributed by atoms with E-state index in [-0.39, 0.29) is 5.41 Å². The van der Waals surface area contributed by atoms with Crippen molar-refractivity contribution in [2.75, 3.05) is 0 Å². The van der Waals surface area contributed by atoms with Gasteiger partial charge < -0.3 is 0 Å². The lowest BCUT2D eigenvalue weighted by molar-refractivity contribution is 0.587. The molecular weight excluding hydrogens is 350 g/mol. The molecule has 5 heteroatoms. The molecule has 0 fully saturated rings. The number of benzene rings is 1. The Morgan fingerprint density at radius 1 is 1.24 bits per heavy atom. The smallest absolute Gasteiger partial charge is 0.105 e. The molecule has 0 bridgehead atoms. The van der Waals surface area contributed by atoms with Crippen LogP contribution in [0.5, 0.6) is 0 Å². The van der Waals surface area contributed by atoms with Gasteiger partial charge in [-0.25, -0.2) is 0 Å². The third kappa shape index (κ3) is 4.35. The topological polar surface area (TPSA) is 37.6 Å². The summed E-state index contributed by atoms with van der Waals surface area (Å²) in [7, 11) is 0. The Morgan fingerprint density at radius 2 is 2.00 bits per heavy atom. The van der Waals surface area contributed by atoms with Gasteiger partial charge in [0.15, 0.2) is 0 Å². The molecular formula is C16H17BrClN3. The van der Waals surface area contributed by atoms with Crippen molar-refractivity contribution in [1.29, 1.82) is 0 Å². The first-order valence-electron chi connectivity index (χ1n) is 6.65. The molecule has 0 atom stereocenters. The van der Waals surface area contributed by atoms with Crippen LogP contribution < -0.4 is 0 Å². The molecule has 0 radical (unpaired) electrons. The minimum absolute atomic E-state index is 0.0199. The molecule has 0 aliphatic carbocycles. The zero-order chi connectivity index (χ0) is 15.5. The van der Waals surface area contributed by atoms with Gasteiger partial charge in [0, 0.05) is 10.7 Å². The SMILES string of the molecule is CC(C)(C)c1cc(Cl)c(N=NCc2ccccn2)cc1Br. The van der Waals surface area contributed by atoms with E-state index in [0.29, 0.717) is 17.3 Å². The average molecular weight is 367 g/mol. The average Bonchev–Trinajstić information content (AvgIpc) is 2.42. The van der Waals surface area contributed by atoms with Crippen molar-refractivity contribution in [2.45, 2.75) is 32.7 Å². The van der Waals surface area contributed by atoms with Crippen molar-refractivity contribution in [2.24, 2.45) is 10.2 Å². The Kier molecular flexibility index (Phi) is 5.12. The van der Waals surface area contributed by atoms with E-state index in [1.165, 1.54) is 0 Å². The Morgan fingerprint density at radius 3 is 2.62 bits per heavy atom. The highest BCUT2D eigenvalue weighted by molar-refractivity contribution is 9.10. The first-order valence-corrected chi connectivity index (χ1v) is 7.82. The van der Waals surface area contributed by atoms with Gasteiger partial charge in [-0.1, -0.05) is 54.4 Å². The molecule has 110 valence electrons. The van der Waals surface area contributed by atoms with E-state index in [2.05, 4.69) is 51.9 Å². The highest BCUT2D eigenvalue weighted by Crippen LogP contribution is 2.37. The maximum Gasteiger partial charge on any atom is 0.105 e. The highest BCUT2D eigenvalue weighted by Gasteiger charge is 2.19. The second kappa shape index (κ2) is 6.67. The van der Waals surface area contributed by atoms with Gasteiger partial charge >= 0.3 is 0 Å². The van der Waals surface area contributed by atoms with Gasteiger partial charge in [-0.3, -0.25) is 4.98 Å². The van der Waals surface area contributed by atoms with Crippen molar-refractivity contribution in [3.8, 4) is 0 Å². The van der Waals surface area contributed by atoms with E-state index >= 15 is 0 Å². The second-order valence-corrected chi connectivity index (χ2v) is 7.02. The van der Waals surface area contributed by atoms with E-state index < -0.39 is 0 Å². The summed E-state index contributed by atoms with van der Waals surface area (Å²) in [6, 6.07) is 9.57. The summed E-state index contributed by atoms with van der Waals surface area (Å²) in [4.78, 5) is 4.20. The number of pyridine rings is 1. The normalized spacial score (nSPS) is 12.0. The lowest BCUT2D eigenvalue weighted by atomic mass is 9.87. The molecule has 0 amide bonds. The maximum absolute atomic E-state index is 6.30. The van der Waals surface area contributed by atoms with Gasteiger partial charge in [0.2, 0.25) is 0 Å². The zero-order valence-electron chi connectivity index (χ0n) is 12.3. The third-order valence-electron chi connectivity index (χ3n) is 2.98. The molecule has 1 aromatic heterocycles. The minimum atomic E-state index is 0.0199. The molecule has 1 aromatic carbocycles. The number of rotatable bonds is 3. The summed E-state index contributed by atoms with van der Waals surface area (Å²) in [5.74, 6) is 0. The summed E-state index contributed by atoms with van der Waals surface area (Å²) >= 11 is 9.88. The molecule has 21 heavy (non-hydrogen) atoms. The Bertz CT molecular complexity index is 649. The van der Waals surface area contributed by atoms with Crippen LogP contribution in [-0.2, 0) is 12.0 Å². The summed E-state index contributed by atoms with van der Waals surface area (Å²) in [5.41, 5.74) is 2.71. The van der Waals surface area contributed by atoms with Gasteiger partial charge in [-0.05, 0) is 35.2 Å². The molecule has 1 heterocycles. The third-order valence-corrected chi connectivity index (χ3v) is 3.94. The Balaban J connectivity index is 2.20. The highest BCUT2D eigenvalue weighted by atomic mass is 79.9. The predicted molar refractivity (Wildman–Crippen MR) is 90.3 cm³/mol. The zero-order valence-corrected chi connectivity index (χ0v) is 14.6. The van der Waals surface area contributed by atoms with Gasteiger partial charge in [-0.2, -0.15) is 10.2 Å². The molecule has 3 nitrogen and oxygen atoms in total. The number of halogens is 2. The van der Waals surface area contributed by atoms with Gasteiger partial charge in [0.25, 0.3) is 0 Å². The Labute approximate surface area is 138 Å². The molecule has 0 aliphatic heterocycles. The molecule has 0 N–H and O–H groups in total. The fraction of sp³-hybridized carbons (Fsp3) is 0.312. The molecule has 0 unspecified atom stereocenters. The fourth-order valence-electron chi connectivity index (χ4n) is 1.86. The first kappa shape index (κ1) is 16.1. The van der Waals surface area contributed by atoms with E-state index in [1.807, 2.05) is 30.3 Å². The van der Waals surface area contributed by atoms with Crippen LogP contribution in [0.2, 0.25) is 5.02 Å². The molecule has 0 saturated heterocycles. The van der Waals surface area contributed by atoms with Crippen LogP contribution in [0.15, 0.2) is 51.2 Å². The minimum Gasteiger partial charge on any atom is -0.259 e. The first-order chi connectivity index (χ1) is 9.88. The molecule has 2 rings (SSSR count). The van der Waals surface area contributed by atoms with Crippen molar-refractivity contribution in [3.05, 3.63) is 57.3 Å². The van der Waals surface area contributed by atoms with Crippen LogP contribution in [0, 0.1) is 0 Å². The second-order valence-electron chi connectivity index (χ2n) is 5.75. The van der Waals surface area contributed by atoms with Crippen LogP contribution >= 0.6 is 27.5 Å². The predicted octanol–water partition coefficient (Wildman–Crippen LogP) is 6.08. The summed E-state index contributed by atoms with van der Waals surface area (Å²) in [6.07, 6.45) is 1.74. The summed E-state index contributed by atoms with van der Waals surface area (Å²) < 4.78 is 0.992. The van der Waals surface area contributed by atoms with Gasteiger partial charge in [0.05, 0.1) is 10.7 Å². The monoisotopic (exact) mass is 365 g/mol. The van der Waals surface area contributed by atoms with Crippen molar-refractivity contribution < 1.29 is 0 Å². The summed E-state index contributed by atoms with van der Waals surface area (Å²) in [5, 5.41) is 8.98. The van der Waals surface area contributed by atoms with E-state index in [1.54, 1.807) is 6.20 Å². The van der Waals surface area contributed by atoms with Crippen LogP contribution in [0.4, 0.5) is 5.69 Å². The maximum atomic E-state index is 6.30. The van der Waals surface area contributed by atoms with Crippen molar-refractivity contribution in [1.82, 2.24) is 4.98 Å². The lowest BCUT2D eigenvalue weighted by Crippen LogP contribution is -2.11. The largest absolute Gasteiger partial charge is 0.259 e. The van der Waals surface area contributed by atoms with Crippen LogP contribution in [0.1, 0.15) is 32.0 Å². The number of aromatic nitrogens is 1. The van der Waals surface area contributed by atoms with Gasteiger partial charge in [-0.15, -0.1) is 0 Å². The number of azo groups is 1. The van der Waals surface area contributed by atoms with Gasteiger partial charge in [0.1, 0.15) is 12.2 Å². The van der Waals surface area contributed by atoms with Crippen molar-refractivity contribution in [3.63, 3.8) is 0 Å². The number of hydrogen-bond donors (Lipinski definition) is 0. The number of hydrogen-bond acceptors (Lipinski definition) is 3. The quantitative estimate of drug-likeness (QED) is 0.607. The van der Waals surface area contributed by atoms with E-state index in [9.17, 15) is 0 Å². The number of nitrogens with zero attached hydrogens (tertiary/aromatic N) is 3. The fourth-order valence-corrected chi connectivity index (χ4v) is 2.99. The Hall–Kier alpha value is -1.26. The summed E-state index contributed by atoms with van der Waals surface area (Å²) in [6.45, 7) is 6.87.